The van der Waals surface area contributed by atoms with E-state index in [0.29, 0.717) is 13.0 Å². The molecular formula is C27H27N3O. The summed E-state index contributed by atoms with van der Waals surface area (Å²) in [4.78, 5) is 20.0. The lowest BCUT2D eigenvalue weighted by atomic mass is 10.1. The van der Waals surface area contributed by atoms with Gasteiger partial charge in [0.25, 0.3) is 0 Å². The van der Waals surface area contributed by atoms with E-state index in [1.165, 1.54) is 16.7 Å². The normalized spacial score (nSPS) is 16.4. The number of aryl methyl sites for hydroxylation is 2. The summed E-state index contributed by atoms with van der Waals surface area (Å²) < 4.78 is 2.30. The Labute approximate surface area is 183 Å². The Bertz CT molecular complexity index is 1260. The number of nitrogens with zero attached hydrogens (tertiary/aromatic N) is 3. The van der Waals surface area contributed by atoms with E-state index < -0.39 is 0 Å². The fraction of sp³-hybridized carbons (Fsp3) is 0.259. The van der Waals surface area contributed by atoms with Crippen molar-refractivity contribution in [1.29, 1.82) is 0 Å². The first-order chi connectivity index (χ1) is 15.1. The maximum atomic E-state index is 13.0. The molecule has 0 saturated carbocycles. The van der Waals surface area contributed by atoms with Crippen molar-refractivity contribution in [3.63, 3.8) is 0 Å². The van der Waals surface area contributed by atoms with Crippen LogP contribution in [-0.4, -0.2) is 22.0 Å². The molecule has 1 amide bonds. The zero-order chi connectivity index (χ0) is 21.4. The predicted octanol–water partition coefficient (Wildman–Crippen LogP) is 5.48. The van der Waals surface area contributed by atoms with Gasteiger partial charge in [-0.15, -0.1) is 0 Å². The molecule has 1 saturated heterocycles. The van der Waals surface area contributed by atoms with Gasteiger partial charge in [0.15, 0.2) is 0 Å². The molecule has 1 aromatic heterocycles. The van der Waals surface area contributed by atoms with Crippen molar-refractivity contribution >= 4 is 22.6 Å². The van der Waals surface area contributed by atoms with Crippen LogP contribution in [0.5, 0.6) is 0 Å². The van der Waals surface area contributed by atoms with Gasteiger partial charge in [-0.3, -0.25) is 4.79 Å². The Morgan fingerprint density at radius 1 is 1.00 bits per heavy atom. The summed E-state index contributed by atoms with van der Waals surface area (Å²) in [5.41, 5.74) is 6.87. The maximum Gasteiger partial charge on any atom is 0.227 e. The van der Waals surface area contributed by atoms with Crippen LogP contribution in [0.25, 0.3) is 11.0 Å². The van der Waals surface area contributed by atoms with Gasteiger partial charge in [0, 0.05) is 31.1 Å². The second-order valence-corrected chi connectivity index (χ2v) is 8.42. The van der Waals surface area contributed by atoms with Crippen molar-refractivity contribution in [2.24, 2.45) is 0 Å². The second kappa shape index (κ2) is 8.03. The Morgan fingerprint density at radius 3 is 2.65 bits per heavy atom. The van der Waals surface area contributed by atoms with Crippen LogP contribution in [0.4, 0.5) is 5.69 Å². The predicted molar refractivity (Wildman–Crippen MR) is 126 cm³/mol. The van der Waals surface area contributed by atoms with E-state index in [-0.39, 0.29) is 11.8 Å². The lowest BCUT2D eigenvalue weighted by molar-refractivity contribution is -0.117. The van der Waals surface area contributed by atoms with Crippen LogP contribution in [0.1, 0.15) is 41.8 Å². The van der Waals surface area contributed by atoms with E-state index in [1.54, 1.807) is 0 Å². The molecule has 4 nitrogen and oxygen atoms in total. The van der Waals surface area contributed by atoms with E-state index in [1.807, 2.05) is 23.1 Å². The molecule has 0 radical (unpaired) electrons. The molecule has 31 heavy (non-hydrogen) atoms. The number of carbonyl (C=O) groups excluding carboxylic acids is 1. The zero-order valence-electron chi connectivity index (χ0n) is 18.1. The molecule has 4 heteroatoms. The first-order valence-electron chi connectivity index (χ1n) is 11.0. The molecule has 1 atom stereocenters. The number of carbonyl (C=O) groups is 1. The number of amides is 1. The number of rotatable bonds is 5. The molecule has 156 valence electrons. The Balaban J connectivity index is 1.54. The lowest BCUT2D eigenvalue weighted by Crippen LogP contribution is -2.25. The third-order valence-electron chi connectivity index (χ3n) is 6.26. The molecule has 1 fully saturated rings. The molecular weight excluding hydrogens is 382 g/mol. The molecule has 0 aliphatic carbocycles. The third kappa shape index (κ3) is 3.63. The van der Waals surface area contributed by atoms with E-state index in [2.05, 4.69) is 73.0 Å². The van der Waals surface area contributed by atoms with Gasteiger partial charge in [0.1, 0.15) is 5.82 Å². The number of hydrogen-bond acceptors (Lipinski definition) is 2. The fourth-order valence-corrected chi connectivity index (χ4v) is 4.75. The highest BCUT2D eigenvalue weighted by Crippen LogP contribution is 2.35. The number of aromatic nitrogens is 2. The summed E-state index contributed by atoms with van der Waals surface area (Å²) in [5.74, 6) is 1.27. The van der Waals surface area contributed by atoms with E-state index in [9.17, 15) is 4.79 Å². The van der Waals surface area contributed by atoms with Crippen molar-refractivity contribution in [2.45, 2.75) is 39.2 Å². The van der Waals surface area contributed by atoms with Crippen molar-refractivity contribution in [1.82, 2.24) is 9.55 Å². The Morgan fingerprint density at radius 2 is 1.81 bits per heavy atom. The first-order valence-corrected chi connectivity index (χ1v) is 11.0. The molecule has 2 heterocycles. The second-order valence-electron chi connectivity index (χ2n) is 8.42. The first kappa shape index (κ1) is 19.6. The minimum absolute atomic E-state index is 0.0784. The van der Waals surface area contributed by atoms with Crippen LogP contribution in [0.2, 0.25) is 0 Å². The monoisotopic (exact) mass is 409 g/mol. The van der Waals surface area contributed by atoms with Crippen LogP contribution >= 0.6 is 0 Å². The van der Waals surface area contributed by atoms with Gasteiger partial charge in [-0.25, -0.2) is 4.98 Å². The summed E-state index contributed by atoms with van der Waals surface area (Å²) in [6.45, 7) is 5.69. The molecule has 3 aromatic carbocycles. The molecule has 0 N–H and O–H groups in total. The lowest BCUT2D eigenvalue weighted by Gasteiger charge is -2.20. The smallest absolute Gasteiger partial charge is 0.227 e. The minimum atomic E-state index is 0.0784. The highest BCUT2D eigenvalue weighted by atomic mass is 16.2. The largest absolute Gasteiger partial charge is 0.323 e. The number of anilines is 1. The van der Waals surface area contributed by atoms with E-state index in [4.69, 9.17) is 4.98 Å². The Kier molecular flexibility index (Phi) is 5.06. The number of imidazole rings is 1. The summed E-state index contributed by atoms with van der Waals surface area (Å²) >= 11 is 0. The number of para-hydroxylation sites is 3. The summed E-state index contributed by atoms with van der Waals surface area (Å²) in [6.07, 6.45) is 1.41. The summed E-state index contributed by atoms with van der Waals surface area (Å²) in [7, 11) is 0. The number of fused-ring (bicyclic) bond motifs is 1. The van der Waals surface area contributed by atoms with E-state index in [0.717, 1.165) is 35.5 Å². The molecule has 0 spiro atoms. The molecule has 4 aromatic rings. The van der Waals surface area contributed by atoms with Gasteiger partial charge >= 0.3 is 0 Å². The van der Waals surface area contributed by atoms with Gasteiger partial charge in [0.2, 0.25) is 5.91 Å². The van der Waals surface area contributed by atoms with Crippen molar-refractivity contribution < 1.29 is 4.79 Å². The van der Waals surface area contributed by atoms with Crippen LogP contribution in [0.15, 0.2) is 72.8 Å². The average Bonchev–Trinajstić information content (AvgIpc) is 3.34. The van der Waals surface area contributed by atoms with Crippen molar-refractivity contribution in [3.8, 4) is 0 Å². The molecule has 0 unspecified atom stereocenters. The summed E-state index contributed by atoms with van der Waals surface area (Å²) in [5, 5.41) is 0. The van der Waals surface area contributed by atoms with Gasteiger partial charge in [-0.1, -0.05) is 67.1 Å². The molecule has 0 bridgehead atoms. The topological polar surface area (TPSA) is 38.1 Å². The van der Waals surface area contributed by atoms with E-state index >= 15 is 0 Å². The molecule has 1 aliphatic heterocycles. The highest BCUT2D eigenvalue weighted by Gasteiger charge is 2.35. The molecule has 1 aliphatic rings. The van der Waals surface area contributed by atoms with Gasteiger partial charge in [-0.2, -0.15) is 0 Å². The van der Waals surface area contributed by atoms with Crippen LogP contribution in [0.3, 0.4) is 0 Å². The number of hydrogen-bond donors (Lipinski definition) is 0. The minimum Gasteiger partial charge on any atom is -0.323 e. The Hall–Kier alpha value is -3.40. The number of benzene rings is 3. The van der Waals surface area contributed by atoms with Crippen LogP contribution in [-0.2, 0) is 17.8 Å². The van der Waals surface area contributed by atoms with Crippen LogP contribution in [0, 0.1) is 6.92 Å². The zero-order valence-corrected chi connectivity index (χ0v) is 18.1. The maximum absolute atomic E-state index is 13.0. The fourth-order valence-electron chi connectivity index (χ4n) is 4.75. The molecule has 5 rings (SSSR count). The quantitative estimate of drug-likeness (QED) is 0.438. The summed E-state index contributed by atoms with van der Waals surface area (Å²) in [6, 6.07) is 25.1. The van der Waals surface area contributed by atoms with Gasteiger partial charge in [0.05, 0.1) is 11.0 Å². The van der Waals surface area contributed by atoms with Crippen molar-refractivity contribution in [2.75, 3.05) is 11.4 Å². The highest BCUT2D eigenvalue weighted by molar-refractivity contribution is 5.97. The van der Waals surface area contributed by atoms with Crippen molar-refractivity contribution in [3.05, 3.63) is 95.3 Å². The standard InChI is InChI=1S/C27H27N3O/c1-3-21-11-4-6-13-24(21)29-18-22(16-26(29)31)27-28-23-12-5-7-14-25(23)30(27)17-20-10-8-9-19(2)15-20/h4-15,22H,3,16-18H2,1-2H3/t22-/m0/s1. The third-order valence-corrected chi connectivity index (χ3v) is 6.26. The average molecular weight is 410 g/mol. The van der Waals surface area contributed by atoms with Gasteiger partial charge in [-0.05, 0) is 42.7 Å². The SMILES string of the molecule is CCc1ccccc1N1C[C@@H](c2nc3ccccc3n2Cc2cccc(C)c2)CC1=O. The van der Waals surface area contributed by atoms with Crippen LogP contribution < -0.4 is 4.90 Å². The van der Waals surface area contributed by atoms with Gasteiger partial charge < -0.3 is 9.47 Å².